The average molecular weight is 500 g/mol. The van der Waals surface area contributed by atoms with Crippen LogP contribution in [0.15, 0.2) is 0 Å². The summed E-state index contributed by atoms with van der Waals surface area (Å²) in [4.78, 5) is 63.8. The highest BCUT2D eigenvalue weighted by molar-refractivity contribution is 5.95. The first kappa shape index (κ1) is 26.8. The number of nitrogens with one attached hydrogen (secondary N) is 3. The fourth-order valence-corrected chi connectivity index (χ4v) is 5.60. The van der Waals surface area contributed by atoms with E-state index in [0.717, 1.165) is 0 Å². The molecule has 0 aromatic rings. The van der Waals surface area contributed by atoms with Crippen LogP contribution in [0.2, 0.25) is 0 Å². The standard InChI is InChI=1S/C23H35F2N5O5/c1-10(2)7-14(29-21(34)17(24)25)22(35)30-9-12-15(23(12,3)4)16(30)20(33)28-13(18(26)31)8-11-5-6-27-19(11)32/h10-17H,5-9H2,1-4H3,(H2,26,31)(H,27,32)(H,28,33)(H,29,34)/t11-,12-,13-,14-,15-,16-/m0/s1. The van der Waals surface area contributed by atoms with E-state index in [4.69, 9.17) is 5.73 Å². The number of rotatable bonds is 10. The molecule has 5 N–H and O–H groups in total. The molecule has 0 radical (unpaired) electrons. The zero-order valence-electron chi connectivity index (χ0n) is 20.5. The fraction of sp³-hybridized carbons (Fsp3) is 0.783. The lowest BCUT2D eigenvalue weighted by molar-refractivity contribution is -0.145. The van der Waals surface area contributed by atoms with Crippen molar-refractivity contribution >= 4 is 29.5 Å². The van der Waals surface area contributed by atoms with Crippen LogP contribution in [-0.2, 0) is 24.0 Å². The van der Waals surface area contributed by atoms with Gasteiger partial charge in [0.1, 0.15) is 18.1 Å². The van der Waals surface area contributed by atoms with Gasteiger partial charge in [-0.15, -0.1) is 0 Å². The summed E-state index contributed by atoms with van der Waals surface area (Å²) in [6.45, 7) is 8.25. The van der Waals surface area contributed by atoms with Crippen LogP contribution >= 0.6 is 0 Å². The van der Waals surface area contributed by atoms with E-state index in [1.165, 1.54) is 4.90 Å². The van der Waals surface area contributed by atoms with Crippen molar-refractivity contribution < 1.29 is 32.8 Å². The summed E-state index contributed by atoms with van der Waals surface area (Å²) < 4.78 is 25.8. The molecule has 0 unspecified atom stereocenters. The number of halogens is 2. The van der Waals surface area contributed by atoms with Crippen LogP contribution < -0.4 is 21.7 Å². The molecule has 0 spiro atoms. The first-order valence-electron chi connectivity index (χ1n) is 12.0. The normalized spacial score (nSPS) is 28.3. The molecule has 3 aliphatic rings. The van der Waals surface area contributed by atoms with Crippen LogP contribution in [0.5, 0.6) is 0 Å². The maximum absolute atomic E-state index is 13.4. The minimum Gasteiger partial charge on any atom is -0.368 e. The number of amides is 5. The molecule has 35 heavy (non-hydrogen) atoms. The molecule has 3 fully saturated rings. The summed E-state index contributed by atoms with van der Waals surface area (Å²) in [5.41, 5.74) is 5.27. The number of alkyl halides is 2. The zero-order valence-corrected chi connectivity index (χ0v) is 20.5. The molecule has 196 valence electrons. The molecule has 0 aromatic heterocycles. The van der Waals surface area contributed by atoms with E-state index in [1.807, 2.05) is 13.8 Å². The molecule has 5 amide bonds. The summed E-state index contributed by atoms with van der Waals surface area (Å²) in [6, 6.07) is -3.25. The van der Waals surface area contributed by atoms with Gasteiger partial charge < -0.3 is 26.6 Å². The molecule has 10 nitrogen and oxygen atoms in total. The summed E-state index contributed by atoms with van der Waals surface area (Å²) in [5.74, 6) is -4.46. The number of carbonyl (C=O) groups is 5. The molecule has 2 heterocycles. The van der Waals surface area contributed by atoms with Gasteiger partial charge in [-0.25, -0.2) is 0 Å². The van der Waals surface area contributed by atoms with Crippen LogP contribution in [0.3, 0.4) is 0 Å². The van der Waals surface area contributed by atoms with Crippen LogP contribution in [0.4, 0.5) is 8.78 Å². The van der Waals surface area contributed by atoms with Gasteiger partial charge in [0.05, 0.1) is 0 Å². The molecular weight excluding hydrogens is 464 g/mol. The van der Waals surface area contributed by atoms with Gasteiger partial charge in [-0.2, -0.15) is 8.78 Å². The van der Waals surface area contributed by atoms with E-state index in [-0.39, 0.29) is 48.5 Å². The Morgan fingerprint density at radius 1 is 1.17 bits per heavy atom. The monoisotopic (exact) mass is 499 g/mol. The molecule has 12 heteroatoms. The SMILES string of the molecule is CC(C)C[C@H](NC(=O)C(F)F)C(=O)N1C[C@H]2[C@@H]([C@H]1C(=O)N[C@@H](C[C@@H]1CCNC1=O)C(N)=O)C2(C)C. The minimum atomic E-state index is -3.27. The number of nitrogens with zero attached hydrogens (tertiary/aromatic N) is 1. The van der Waals surface area contributed by atoms with Crippen LogP contribution in [0, 0.1) is 29.1 Å². The molecule has 2 saturated heterocycles. The van der Waals surface area contributed by atoms with Gasteiger partial charge >= 0.3 is 6.43 Å². The predicted molar refractivity (Wildman–Crippen MR) is 121 cm³/mol. The van der Waals surface area contributed by atoms with Gasteiger partial charge in [-0.1, -0.05) is 27.7 Å². The lowest BCUT2D eigenvalue weighted by atomic mass is 9.95. The van der Waals surface area contributed by atoms with Crippen LogP contribution in [-0.4, -0.2) is 72.1 Å². The Hall–Kier alpha value is -2.79. The number of hydrogen-bond donors (Lipinski definition) is 4. The number of hydrogen-bond acceptors (Lipinski definition) is 5. The van der Waals surface area contributed by atoms with Gasteiger partial charge in [-0.05, 0) is 42.4 Å². The molecule has 0 aromatic carbocycles. The Morgan fingerprint density at radius 3 is 2.34 bits per heavy atom. The van der Waals surface area contributed by atoms with Crippen molar-refractivity contribution in [3.8, 4) is 0 Å². The van der Waals surface area contributed by atoms with Crippen LogP contribution in [0.1, 0.15) is 47.0 Å². The van der Waals surface area contributed by atoms with E-state index < -0.39 is 54.1 Å². The fourth-order valence-electron chi connectivity index (χ4n) is 5.60. The number of carbonyl (C=O) groups excluding carboxylic acids is 5. The smallest absolute Gasteiger partial charge is 0.315 e. The van der Waals surface area contributed by atoms with E-state index >= 15 is 0 Å². The third kappa shape index (κ3) is 5.56. The van der Waals surface area contributed by atoms with Crippen molar-refractivity contribution in [3.63, 3.8) is 0 Å². The van der Waals surface area contributed by atoms with Gasteiger partial charge in [0.2, 0.25) is 23.6 Å². The van der Waals surface area contributed by atoms with Crippen molar-refractivity contribution in [2.45, 2.75) is 71.5 Å². The van der Waals surface area contributed by atoms with Crippen molar-refractivity contribution in [2.24, 2.45) is 34.8 Å². The van der Waals surface area contributed by atoms with Gasteiger partial charge in [-0.3, -0.25) is 24.0 Å². The number of nitrogens with two attached hydrogens (primary N) is 1. The maximum atomic E-state index is 13.4. The highest BCUT2D eigenvalue weighted by Crippen LogP contribution is 2.64. The Labute approximate surface area is 203 Å². The first-order chi connectivity index (χ1) is 16.2. The average Bonchev–Trinajstić information content (AvgIpc) is 3.11. The van der Waals surface area contributed by atoms with Crippen molar-refractivity contribution in [2.75, 3.05) is 13.1 Å². The highest BCUT2D eigenvalue weighted by atomic mass is 19.3. The molecule has 1 aliphatic carbocycles. The lowest BCUT2D eigenvalue weighted by Crippen LogP contribution is -2.58. The summed E-state index contributed by atoms with van der Waals surface area (Å²) in [6.07, 6.45) is -2.58. The first-order valence-corrected chi connectivity index (χ1v) is 12.0. The predicted octanol–water partition coefficient (Wildman–Crippen LogP) is -0.238. The van der Waals surface area contributed by atoms with E-state index in [2.05, 4.69) is 16.0 Å². The van der Waals surface area contributed by atoms with E-state index in [9.17, 15) is 32.8 Å². The quantitative estimate of drug-likeness (QED) is 0.327. The molecule has 6 atom stereocenters. The third-order valence-electron chi connectivity index (χ3n) is 7.62. The van der Waals surface area contributed by atoms with Gasteiger partial charge in [0.25, 0.3) is 5.91 Å². The summed E-state index contributed by atoms with van der Waals surface area (Å²) in [7, 11) is 0. The van der Waals surface area contributed by atoms with Gasteiger partial charge in [0.15, 0.2) is 0 Å². The van der Waals surface area contributed by atoms with Crippen LogP contribution in [0.25, 0.3) is 0 Å². The molecule has 0 bridgehead atoms. The second kappa shape index (κ2) is 10.1. The summed E-state index contributed by atoms with van der Waals surface area (Å²) >= 11 is 0. The number of primary amides is 1. The van der Waals surface area contributed by atoms with Crippen molar-refractivity contribution in [1.82, 2.24) is 20.9 Å². The Bertz CT molecular complexity index is 896. The van der Waals surface area contributed by atoms with Crippen molar-refractivity contribution in [1.29, 1.82) is 0 Å². The van der Waals surface area contributed by atoms with E-state index in [1.54, 1.807) is 13.8 Å². The number of likely N-dealkylation sites (tertiary alicyclic amines) is 1. The second-order valence-electron chi connectivity index (χ2n) is 10.9. The lowest BCUT2D eigenvalue weighted by Gasteiger charge is -2.34. The Kier molecular flexibility index (Phi) is 7.71. The largest absolute Gasteiger partial charge is 0.368 e. The number of fused-ring (bicyclic) bond motifs is 1. The Morgan fingerprint density at radius 2 is 1.83 bits per heavy atom. The van der Waals surface area contributed by atoms with Gasteiger partial charge in [0, 0.05) is 19.0 Å². The number of piperidine rings is 1. The molecule has 2 aliphatic heterocycles. The summed E-state index contributed by atoms with van der Waals surface area (Å²) in [5, 5.41) is 7.42. The topological polar surface area (TPSA) is 151 Å². The van der Waals surface area contributed by atoms with Crippen molar-refractivity contribution in [3.05, 3.63) is 0 Å². The second-order valence-corrected chi connectivity index (χ2v) is 10.9. The Balaban J connectivity index is 1.79. The highest BCUT2D eigenvalue weighted by Gasteiger charge is 2.69. The zero-order chi connectivity index (χ0) is 26.2. The molecule has 3 rings (SSSR count). The third-order valence-corrected chi connectivity index (χ3v) is 7.62. The minimum absolute atomic E-state index is 0.0142. The maximum Gasteiger partial charge on any atom is 0.315 e. The molecule has 1 saturated carbocycles. The van der Waals surface area contributed by atoms with E-state index in [0.29, 0.717) is 13.0 Å². The molecular formula is C23H35F2N5O5.